The molecule has 11 aromatic carbocycles. The Balaban J connectivity index is 0.775. The first-order valence-electron chi connectivity index (χ1n) is 28.5. The molecule has 0 amide bonds. The molecule has 3 nitrogen and oxygen atoms in total. The minimum Gasteiger partial charge on any atom is -0.455 e. The van der Waals surface area contributed by atoms with Gasteiger partial charge in [-0.15, -0.1) is 0 Å². The summed E-state index contributed by atoms with van der Waals surface area (Å²) in [6.45, 7) is 9.46. The number of rotatable bonds is 10. The third-order valence-corrected chi connectivity index (χ3v) is 17.8. The molecule has 1 aromatic heterocycles. The van der Waals surface area contributed by atoms with Crippen LogP contribution in [-0.4, -0.2) is 6.04 Å². The van der Waals surface area contributed by atoms with Crippen molar-refractivity contribution in [1.29, 1.82) is 0 Å². The third kappa shape index (κ3) is 8.01. The molecular weight excluding hydrogens is 981 g/mol. The van der Waals surface area contributed by atoms with E-state index >= 15 is 0 Å². The molecule has 0 aliphatic heterocycles. The molecule has 3 heteroatoms. The predicted octanol–water partition coefficient (Wildman–Crippen LogP) is 21.2. The van der Waals surface area contributed by atoms with Crippen LogP contribution in [0.1, 0.15) is 56.4 Å². The number of hydrogen-bond acceptors (Lipinski definition) is 3. The van der Waals surface area contributed by atoms with Crippen molar-refractivity contribution < 1.29 is 4.42 Å². The second-order valence-corrected chi connectivity index (χ2v) is 23.2. The van der Waals surface area contributed by atoms with Gasteiger partial charge in [-0.2, -0.15) is 0 Å². The van der Waals surface area contributed by atoms with Gasteiger partial charge in [-0.1, -0.05) is 240 Å². The number of para-hydroxylation sites is 2. The molecule has 1 heterocycles. The number of anilines is 5. The molecule has 1 unspecified atom stereocenters. The van der Waals surface area contributed by atoms with Gasteiger partial charge in [0, 0.05) is 61.2 Å². The largest absolute Gasteiger partial charge is 0.455 e. The first-order chi connectivity index (χ1) is 39.7. The molecule has 81 heavy (non-hydrogen) atoms. The van der Waals surface area contributed by atoms with Crippen molar-refractivity contribution in [3.8, 4) is 55.6 Å². The van der Waals surface area contributed by atoms with Gasteiger partial charge in [-0.3, -0.25) is 0 Å². The van der Waals surface area contributed by atoms with Gasteiger partial charge in [0.15, 0.2) is 0 Å². The number of nitrogens with zero attached hydrogens (tertiary/aromatic N) is 2. The fourth-order valence-electron chi connectivity index (χ4n) is 13.6. The van der Waals surface area contributed by atoms with Gasteiger partial charge in [0.05, 0.1) is 6.04 Å². The molecule has 12 aromatic rings. The molecule has 3 aliphatic rings. The van der Waals surface area contributed by atoms with Crippen LogP contribution in [0.25, 0.3) is 83.1 Å². The van der Waals surface area contributed by atoms with Crippen molar-refractivity contribution >= 4 is 55.9 Å². The zero-order chi connectivity index (χ0) is 54.4. The second-order valence-electron chi connectivity index (χ2n) is 23.2. The Morgan fingerprint density at radius 3 is 1.31 bits per heavy atom. The predicted molar refractivity (Wildman–Crippen MR) is 340 cm³/mol. The molecule has 0 radical (unpaired) electrons. The maximum absolute atomic E-state index is 7.12. The zero-order valence-electron chi connectivity index (χ0n) is 46.1. The normalized spacial score (nSPS) is 15.3. The number of fused-ring (bicyclic) bond motifs is 9. The molecule has 3 aliphatic carbocycles. The number of hydrogen-bond donors (Lipinski definition) is 0. The fraction of sp³-hybridized carbons (Fsp3) is 0.103. The van der Waals surface area contributed by atoms with Crippen LogP contribution in [0.4, 0.5) is 28.4 Å². The van der Waals surface area contributed by atoms with Crippen LogP contribution in [0.15, 0.2) is 283 Å². The summed E-state index contributed by atoms with van der Waals surface area (Å²) in [7, 11) is 0. The van der Waals surface area contributed by atoms with Crippen LogP contribution in [0.2, 0.25) is 0 Å². The molecule has 0 saturated carbocycles. The van der Waals surface area contributed by atoms with Crippen molar-refractivity contribution in [1.82, 2.24) is 0 Å². The molecule has 0 bridgehead atoms. The lowest BCUT2D eigenvalue weighted by Gasteiger charge is -2.36. The fourth-order valence-corrected chi connectivity index (χ4v) is 13.6. The van der Waals surface area contributed by atoms with Gasteiger partial charge in [0.2, 0.25) is 0 Å². The van der Waals surface area contributed by atoms with Crippen LogP contribution in [0.5, 0.6) is 0 Å². The zero-order valence-corrected chi connectivity index (χ0v) is 46.1. The van der Waals surface area contributed by atoms with Gasteiger partial charge in [-0.25, -0.2) is 0 Å². The summed E-state index contributed by atoms with van der Waals surface area (Å²) in [5.74, 6) is 0. The SMILES string of the molecule is CC1(C)C2=CC(N(c3ccc(-c4ccccc4)cc3)c3ccc(-c4cccc5c4oc4c(-c6ccc(N(c7ccc(-c8ccccc8)cc7)c7ccc8c(c7)C(C)(C)c7ccccc7-8)cc6)cccc45)cc3)CC=C2c2ccccc21. The first kappa shape index (κ1) is 48.4. The summed E-state index contributed by atoms with van der Waals surface area (Å²) in [6.07, 6.45) is 5.93. The molecule has 0 saturated heterocycles. The highest BCUT2D eigenvalue weighted by atomic mass is 16.3. The van der Waals surface area contributed by atoms with Gasteiger partial charge in [0.1, 0.15) is 11.2 Å². The Bertz CT molecular complexity index is 4450. The minimum atomic E-state index is -0.127. The molecule has 15 rings (SSSR count). The van der Waals surface area contributed by atoms with E-state index in [1.165, 1.54) is 72.5 Å². The Labute approximate surface area is 475 Å². The summed E-state index contributed by atoms with van der Waals surface area (Å²) in [4.78, 5) is 4.93. The van der Waals surface area contributed by atoms with Crippen molar-refractivity contribution in [2.75, 3.05) is 9.80 Å². The van der Waals surface area contributed by atoms with E-state index in [0.717, 1.165) is 73.4 Å². The molecular formula is C78H60N2O. The lowest BCUT2D eigenvalue weighted by atomic mass is 9.79. The maximum atomic E-state index is 7.12. The van der Waals surface area contributed by atoms with Crippen LogP contribution < -0.4 is 9.80 Å². The van der Waals surface area contributed by atoms with Crippen molar-refractivity contribution in [2.45, 2.75) is 51.0 Å². The number of benzene rings is 11. The molecule has 1 atom stereocenters. The van der Waals surface area contributed by atoms with Gasteiger partial charge < -0.3 is 14.2 Å². The summed E-state index contributed by atoms with van der Waals surface area (Å²) in [5, 5.41) is 2.21. The van der Waals surface area contributed by atoms with E-state index in [-0.39, 0.29) is 16.9 Å². The van der Waals surface area contributed by atoms with Crippen molar-refractivity contribution in [3.63, 3.8) is 0 Å². The number of furan rings is 1. The smallest absolute Gasteiger partial charge is 0.143 e. The Morgan fingerprint density at radius 2 is 0.765 bits per heavy atom. The Kier molecular flexibility index (Phi) is 11.4. The summed E-state index contributed by atoms with van der Waals surface area (Å²) in [5.41, 5.74) is 27.3. The third-order valence-electron chi connectivity index (χ3n) is 17.8. The number of allylic oxidation sites excluding steroid dienone is 2. The molecule has 0 fully saturated rings. The van der Waals surface area contributed by atoms with Gasteiger partial charge in [0.25, 0.3) is 0 Å². The summed E-state index contributed by atoms with van der Waals surface area (Å²) >= 11 is 0. The van der Waals surface area contributed by atoms with Crippen LogP contribution in [0, 0.1) is 0 Å². The van der Waals surface area contributed by atoms with Gasteiger partial charge >= 0.3 is 0 Å². The highest BCUT2D eigenvalue weighted by Crippen LogP contribution is 2.54. The highest BCUT2D eigenvalue weighted by molar-refractivity contribution is 6.13. The lowest BCUT2D eigenvalue weighted by molar-refractivity contribution is 0.644. The minimum absolute atomic E-state index is 0.0882. The highest BCUT2D eigenvalue weighted by Gasteiger charge is 2.41. The van der Waals surface area contributed by atoms with Crippen LogP contribution in [-0.2, 0) is 10.8 Å². The van der Waals surface area contributed by atoms with E-state index in [9.17, 15) is 0 Å². The second kappa shape index (κ2) is 19.0. The molecule has 388 valence electrons. The monoisotopic (exact) mass is 1040 g/mol. The van der Waals surface area contributed by atoms with Crippen molar-refractivity contribution in [2.24, 2.45) is 0 Å². The van der Waals surface area contributed by atoms with E-state index in [4.69, 9.17) is 4.42 Å². The molecule has 0 spiro atoms. The van der Waals surface area contributed by atoms with Crippen LogP contribution >= 0.6 is 0 Å². The maximum Gasteiger partial charge on any atom is 0.143 e. The van der Waals surface area contributed by atoms with E-state index in [1.54, 1.807) is 0 Å². The van der Waals surface area contributed by atoms with Crippen molar-refractivity contribution in [3.05, 3.63) is 301 Å². The van der Waals surface area contributed by atoms with E-state index in [0.29, 0.717) is 0 Å². The lowest BCUT2D eigenvalue weighted by Crippen LogP contribution is -2.32. The van der Waals surface area contributed by atoms with Crippen LogP contribution in [0.3, 0.4) is 0 Å². The Morgan fingerprint density at radius 1 is 0.346 bits per heavy atom. The van der Waals surface area contributed by atoms with Gasteiger partial charge in [-0.05, 0) is 145 Å². The van der Waals surface area contributed by atoms with E-state index in [1.807, 2.05) is 0 Å². The average molecular weight is 1040 g/mol. The topological polar surface area (TPSA) is 19.6 Å². The molecule has 0 N–H and O–H groups in total. The van der Waals surface area contributed by atoms with E-state index in [2.05, 4.69) is 311 Å². The van der Waals surface area contributed by atoms with E-state index < -0.39 is 0 Å². The summed E-state index contributed by atoms with van der Waals surface area (Å²) < 4.78 is 7.12. The standard InChI is InChI=1S/C78H60N2O/c1-77(2)71-27-13-11-21-65(71)67-47-45-61(49-73(67)77)79(57-37-29-53(30-38-57)51-17-7-5-8-18-51)59-41-33-55(34-42-59)63-23-15-25-69-70-26-16-24-64(76(70)81-75(63)69)56-35-43-60(44-36-56)80(58-39-31-54(32-40-58)52-19-9-6-10-20-52)62-46-48-68-66-22-12-14-28-72(66)78(3,4)74(68)50-62/h5-45,47-50,62H,46H2,1-4H3. The quantitative estimate of drug-likeness (QED) is 0.136. The average Bonchev–Trinajstić information content (AvgIpc) is 4.34. The Hall–Kier alpha value is -9.70. The summed E-state index contributed by atoms with van der Waals surface area (Å²) in [6, 6.07) is 95.6. The first-order valence-corrected chi connectivity index (χ1v) is 28.5.